The number of aliphatic carboxylic acids is 1. The molecule has 4 N–H and O–H groups in total. The van der Waals surface area contributed by atoms with E-state index in [4.69, 9.17) is 9.47 Å². The van der Waals surface area contributed by atoms with Crippen LogP contribution in [-0.4, -0.2) is 75.0 Å². The second-order valence-corrected chi connectivity index (χ2v) is 18.8. The number of carboxylic acids is 1. The topological polar surface area (TPSA) is 154 Å². The summed E-state index contributed by atoms with van der Waals surface area (Å²) in [5, 5.41) is 28.8. The zero-order valence-corrected chi connectivity index (χ0v) is 34.3. The number of thioether (sulfide) groups is 1. The number of rotatable bonds is 11. The van der Waals surface area contributed by atoms with Crippen LogP contribution < -0.4 is 31.3 Å². The molecule has 6 rings (SSSR count). The van der Waals surface area contributed by atoms with E-state index in [0.29, 0.717) is 17.5 Å². The van der Waals surface area contributed by atoms with E-state index in [-0.39, 0.29) is 46.7 Å². The number of alkyl carbamates (subject to hydrolysis) is 1. The smallest absolute Gasteiger partial charge is 0.504 e. The number of ether oxygens (including phenoxy) is 2. The van der Waals surface area contributed by atoms with Crippen LogP contribution in [0.1, 0.15) is 32.4 Å². The normalized spacial score (nSPS) is 17.6. The van der Waals surface area contributed by atoms with Crippen LogP contribution in [0.25, 0.3) is 0 Å². The van der Waals surface area contributed by atoms with Gasteiger partial charge in [0, 0.05) is 0 Å². The first kappa shape index (κ1) is 40.6. The van der Waals surface area contributed by atoms with Crippen LogP contribution in [0.5, 0.6) is 11.5 Å². The average Bonchev–Trinajstić information content (AvgIpc) is 3.15. The summed E-state index contributed by atoms with van der Waals surface area (Å²) in [5.74, 6) is -2.29. The quantitative estimate of drug-likeness (QED) is 0.0922. The Morgan fingerprint density at radius 3 is 1.93 bits per heavy atom. The molecule has 54 heavy (non-hydrogen) atoms. The number of carboxylic acid groups (broad SMARTS) is 1. The van der Waals surface area contributed by atoms with Crippen molar-refractivity contribution in [3.8, 4) is 11.5 Å². The average molecular weight is 884 g/mol. The molecule has 284 valence electrons. The fourth-order valence-corrected chi connectivity index (χ4v) is 13.3. The standard InChI is InChI=1S/C40H42N3O8PS.HI/c1-40(2,3)51-39(49)42-32(25-20-21-30(44)31(22-25)50-4)35(45)41-33-36(46)43-34(38(47)48)26(24-53-37(33)43)23-52(27-14-8-5-9-15-27,28-16-10-6-11-17-28)29-18-12-7-13-19-29;/h5-22,32-33,37,44,52H,23-24H2,1-4H3,(H,41,45)(H,42,49)(H,47,48);1H/t32?,33-,37+;/m1./s1. The Balaban J connectivity index is 0.00000561. The number of aromatic hydroxyl groups is 1. The van der Waals surface area contributed by atoms with Crippen LogP contribution in [0.4, 0.5) is 4.79 Å². The van der Waals surface area contributed by atoms with Crippen molar-refractivity contribution < 1.29 is 38.9 Å². The monoisotopic (exact) mass is 883 g/mol. The number of phenols is 1. The third-order valence-electron chi connectivity index (χ3n) is 9.29. The van der Waals surface area contributed by atoms with Crippen LogP contribution in [0, 0.1) is 0 Å². The van der Waals surface area contributed by atoms with E-state index >= 15 is 0 Å². The Morgan fingerprint density at radius 1 is 0.907 bits per heavy atom. The molecular formula is C40H43IN3O8PS. The minimum absolute atomic E-state index is 0. The molecule has 0 spiro atoms. The molecule has 14 heteroatoms. The van der Waals surface area contributed by atoms with Crippen LogP contribution >= 0.6 is 43.0 Å². The number of phenolic OH excluding ortho intramolecular Hbond substituents is 1. The van der Waals surface area contributed by atoms with Gasteiger partial charge in [-0.25, -0.2) is 0 Å². The van der Waals surface area contributed by atoms with E-state index in [2.05, 4.69) is 47.0 Å². The van der Waals surface area contributed by atoms with E-state index in [1.165, 1.54) is 42.0 Å². The van der Waals surface area contributed by atoms with Crippen LogP contribution in [0.2, 0.25) is 0 Å². The summed E-state index contributed by atoms with van der Waals surface area (Å²) in [6.45, 7) is 5.04. The fraction of sp³-hybridized carbons (Fsp3) is 0.250. The van der Waals surface area contributed by atoms with Crippen LogP contribution in [0.15, 0.2) is 120 Å². The molecule has 4 aromatic rings. The molecule has 0 saturated carbocycles. The van der Waals surface area contributed by atoms with Gasteiger partial charge in [-0.1, -0.05) is 0 Å². The number of hydrogen-bond acceptors (Lipinski definition) is 8. The van der Waals surface area contributed by atoms with Crippen LogP contribution in [0.3, 0.4) is 0 Å². The van der Waals surface area contributed by atoms with Gasteiger partial charge in [-0.2, -0.15) is 0 Å². The maximum absolute atomic E-state index is 13.9. The zero-order chi connectivity index (χ0) is 37.9. The second-order valence-electron chi connectivity index (χ2n) is 13.8. The first-order valence-corrected chi connectivity index (χ1v) is 20.3. The third kappa shape index (κ3) is 8.23. The number of hydrogen-bond donors (Lipinski definition) is 4. The number of methoxy groups -OCH3 is 1. The SMILES string of the molecule is COc1cc(C(NC(=O)OC(C)(C)C)C(=O)N[C@@H]2C(=O)N3C(C(=O)O)=C(C[PH](c4ccccc4)(c4ccccc4)c4ccccc4)CS[C@@H]23)ccc1O.I. The molecule has 1 saturated heterocycles. The molecule has 0 aliphatic carbocycles. The van der Waals surface area contributed by atoms with Crippen molar-refractivity contribution >= 4 is 82.8 Å². The van der Waals surface area contributed by atoms with Gasteiger partial charge in [0.05, 0.1) is 7.11 Å². The molecule has 2 heterocycles. The van der Waals surface area contributed by atoms with Crippen molar-refractivity contribution in [1.82, 2.24) is 15.5 Å². The molecule has 0 radical (unpaired) electrons. The number of β-lactam (4-membered cyclic amide) rings is 1. The number of carbonyl (C=O) groups is 4. The molecule has 3 atom stereocenters. The maximum atomic E-state index is 13.9. The van der Waals surface area contributed by atoms with Gasteiger partial charge in [0.2, 0.25) is 0 Å². The van der Waals surface area contributed by atoms with Gasteiger partial charge in [0.25, 0.3) is 0 Å². The first-order valence-electron chi connectivity index (χ1n) is 17.1. The number of benzene rings is 4. The van der Waals surface area contributed by atoms with Crippen LogP contribution in [-0.2, 0) is 19.1 Å². The van der Waals surface area contributed by atoms with Gasteiger partial charge < -0.3 is 9.84 Å². The van der Waals surface area contributed by atoms with Crippen molar-refractivity contribution in [3.05, 3.63) is 126 Å². The molecular weight excluding hydrogens is 840 g/mol. The summed E-state index contributed by atoms with van der Waals surface area (Å²) in [6, 6.07) is 32.2. The molecule has 2 aliphatic rings. The molecule has 2 aliphatic heterocycles. The summed E-state index contributed by atoms with van der Waals surface area (Å²) in [5.41, 5.74) is -0.0306. The van der Waals surface area contributed by atoms with Gasteiger partial charge in [-0.15, -0.1) is 24.0 Å². The molecule has 0 aromatic heterocycles. The van der Waals surface area contributed by atoms with Gasteiger partial charge in [0.1, 0.15) is 5.60 Å². The van der Waals surface area contributed by atoms with Crippen molar-refractivity contribution in [3.63, 3.8) is 0 Å². The number of nitrogens with zero attached hydrogens (tertiary/aromatic N) is 1. The molecule has 1 fully saturated rings. The predicted octanol–water partition coefficient (Wildman–Crippen LogP) is 5.05. The van der Waals surface area contributed by atoms with E-state index in [0.717, 1.165) is 15.9 Å². The van der Waals surface area contributed by atoms with Gasteiger partial charge in [-0.05, 0) is 20.8 Å². The Morgan fingerprint density at radius 2 is 1.44 bits per heavy atom. The van der Waals surface area contributed by atoms with Crippen molar-refractivity contribution in [2.75, 3.05) is 19.0 Å². The molecule has 3 amide bonds. The number of halogens is 1. The molecule has 11 nitrogen and oxygen atoms in total. The molecule has 1 unspecified atom stereocenters. The van der Waals surface area contributed by atoms with Gasteiger partial charge in [-0.3, -0.25) is 0 Å². The Labute approximate surface area is 335 Å². The van der Waals surface area contributed by atoms with Gasteiger partial charge >= 0.3 is 265 Å². The molecule has 0 bridgehead atoms. The van der Waals surface area contributed by atoms with Crippen molar-refractivity contribution in [1.29, 1.82) is 0 Å². The minimum Gasteiger partial charge on any atom is -0.504 e. The minimum atomic E-state index is -2.91. The predicted molar refractivity (Wildman–Crippen MR) is 223 cm³/mol. The number of carbonyl (C=O) groups excluding carboxylic acids is 3. The zero-order valence-electron chi connectivity index (χ0n) is 30.1. The summed E-state index contributed by atoms with van der Waals surface area (Å²) in [6.07, 6.45) is -0.459. The van der Waals surface area contributed by atoms with Crippen molar-refractivity contribution in [2.24, 2.45) is 0 Å². The summed E-state index contributed by atoms with van der Waals surface area (Å²) in [4.78, 5) is 55.1. The van der Waals surface area contributed by atoms with E-state index in [9.17, 15) is 29.4 Å². The summed E-state index contributed by atoms with van der Waals surface area (Å²) >= 11 is 1.39. The summed E-state index contributed by atoms with van der Waals surface area (Å²) in [7, 11) is -1.56. The number of amides is 3. The molecule has 4 aromatic carbocycles. The fourth-order valence-electron chi connectivity index (χ4n) is 6.95. The Kier molecular flexibility index (Phi) is 12.7. The summed E-state index contributed by atoms with van der Waals surface area (Å²) < 4.78 is 10.6. The van der Waals surface area contributed by atoms with E-state index in [1.807, 2.05) is 54.6 Å². The second kappa shape index (κ2) is 16.8. The Bertz CT molecular complexity index is 1950. The third-order valence-corrected chi connectivity index (χ3v) is 15.5. The van der Waals surface area contributed by atoms with Crippen molar-refractivity contribution in [2.45, 2.75) is 43.8 Å². The number of nitrogens with one attached hydrogen (secondary N) is 2. The van der Waals surface area contributed by atoms with E-state index in [1.54, 1.807) is 20.8 Å². The van der Waals surface area contributed by atoms with Gasteiger partial charge in [0.15, 0.2) is 5.75 Å². The Hall–Kier alpha value is -4.59. The number of fused-ring (bicyclic) bond motifs is 1. The first-order chi connectivity index (χ1) is 25.3. The van der Waals surface area contributed by atoms with E-state index < -0.39 is 54.2 Å².